The number of nitrogen functional groups attached to an aromatic ring is 1. The second kappa shape index (κ2) is 15.7. The Morgan fingerprint density at radius 2 is 1.56 bits per heavy atom. The zero-order valence-corrected chi connectivity index (χ0v) is 31.5. The van der Waals surface area contributed by atoms with E-state index in [2.05, 4.69) is 46.6 Å². The van der Waals surface area contributed by atoms with E-state index in [9.17, 15) is 40.3 Å². The van der Waals surface area contributed by atoms with Gasteiger partial charge in [-0.05, 0) is 84.5 Å². The van der Waals surface area contributed by atoms with E-state index in [-0.39, 0.29) is 23.5 Å². The number of benzene rings is 4. The number of aromatic nitrogens is 2. The Morgan fingerprint density at radius 3 is 2.24 bits per heavy atom. The summed E-state index contributed by atoms with van der Waals surface area (Å²) in [5.41, 5.74) is 12.3. The van der Waals surface area contributed by atoms with Gasteiger partial charge in [-0.25, -0.2) is 4.98 Å². The minimum atomic E-state index is -5.09. The molecule has 20 nitrogen and oxygen atoms in total. The van der Waals surface area contributed by atoms with Crippen LogP contribution in [-0.2, 0) is 29.8 Å². The summed E-state index contributed by atoms with van der Waals surface area (Å²) in [6, 6.07) is 20.4. The third-order valence-corrected chi connectivity index (χ3v) is 10.3. The molecule has 0 saturated heterocycles. The number of nitrogens with zero attached hydrogens (tertiary/aromatic N) is 5. The number of anilines is 3. The lowest BCUT2D eigenvalue weighted by Crippen LogP contribution is -2.28. The molecular formula is C37H28N10O10S2. The summed E-state index contributed by atoms with van der Waals surface area (Å²) in [7, 11) is -10.2. The topological polar surface area (TPSA) is 320 Å². The number of aliphatic carboxylic acids is 1. The van der Waals surface area contributed by atoms with E-state index < -0.39 is 70.2 Å². The molecule has 0 fully saturated rings. The van der Waals surface area contributed by atoms with E-state index in [0.29, 0.717) is 39.5 Å². The predicted molar refractivity (Wildman–Crippen MR) is 217 cm³/mol. The lowest BCUT2D eigenvalue weighted by atomic mass is 9.92. The molecule has 59 heavy (non-hydrogen) atoms. The molecule has 0 radical (unpaired) electrons. The van der Waals surface area contributed by atoms with Crippen molar-refractivity contribution in [2.75, 3.05) is 23.1 Å². The fraction of sp³-hybridized carbons (Fsp3) is 0.0270. The van der Waals surface area contributed by atoms with Gasteiger partial charge in [0.2, 0.25) is 11.6 Å². The number of para-hydroxylation sites is 1. The molecule has 0 atom stereocenters. The van der Waals surface area contributed by atoms with Crippen LogP contribution in [-0.4, -0.2) is 76.5 Å². The molecule has 0 saturated carbocycles. The van der Waals surface area contributed by atoms with Crippen molar-refractivity contribution >= 4 is 94.7 Å². The molecule has 9 N–H and O–H groups in total. The molecule has 5 aromatic rings. The molecule has 7 rings (SSSR count). The monoisotopic (exact) mass is 836 g/mol. The number of ketones is 2. The first-order valence-corrected chi connectivity index (χ1v) is 19.8. The van der Waals surface area contributed by atoms with Crippen LogP contribution >= 0.6 is 0 Å². The number of Topliss-reactive ketones (excluding diaryl/α,β-unsaturated/α-hetero) is 1. The summed E-state index contributed by atoms with van der Waals surface area (Å²) >= 11 is 0. The second-order valence-electron chi connectivity index (χ2n) is 12.5. The molecular weight excluding hydrogens is 809 g/mol. The van der Waals surface area contributed by atoms with Gasteiger partial charge in [-0.1, -0.05) is 18.2 Å². The number of fused-ring (bicyclic) bond motifs is 2. The fourth-order valence-corrected chi connectivity index (χ4v) is 7.09. The lowest BCUT2D eigenvalue weighted by Gasteiger charge is -2.20. The van der Waals surface area contributed by atoms with Crippen LogP contribution in [0.4, 0.5) is 28.4 Å². The van der Waals surface area contributed by atoms with Crippen molar-refractivity contribution < 1.29 is 45.4 Å². The lowest BCUT2D eigenvalue weighted by molar-refractivity contribution is -0.135. The summed E-state index contributed by atoms with van der Waals surface area (Å²) < 4.78 is 69.6. The molecule has 0 amide bonds. The number of carbonyl (C=O) groups excluding carboxylic acids is 2. The molecule has 298 valence electrons. The Bertz CT molecular complexity index is 3010. The molecule has 2 aliphatic rings. The smallest absolute Gasteiger partial charge is 0.322 e. The van der Waals surface area contributed by atoms with Crippen LogP contribution in [0.1, 0.15) is 15.9 Å². The SMILES string of the molecule is Nc1c(N=Nc2ccc(-c3nc4ccc(N/N=C5\C=CC(NCC(=O)O)=CC5=O)cc4[nH]3)cc2)c(S(=O)(=O)O)cc2c1C(=O)/C(=N/Nc1ccccc1)C(S(=O)(=O)O)=C2. The summed E-state index contributed by atoms with van der Waals surface area (Å²) in [6.07, 6.45) is 5.02. The third-order valence-electron chi connectivity index (χ3n) is 8.52. The average molecular weight is 837 g/mol. The van der Waals surface area contributed by atoms with Crippen molar-refractivity contribution in [3.8, 4) is 11.4 Å². The first-order valence-electron chi connectivity index (χ1n) is 16.9. The Hall–Kier alpha value is -7.66. The van der Waals surface area contributed by atoms with E-state index in [1.807, 2.05) is 0 Å². The van der Waals surface area contributed by atoms with Crippen molar-refractivity contribution in [2.45, 2.75) is 4.90 Å². The van der Waals surface area contributed by atoms with Gasteiger partial charge in [0, 0.05) is 17.3 Å². The number of nitrogens with two attached hydrogens (primary N) is 1. The maximum Gasteiger partial charge on any atom is 0.322 e. The first kappa shape index (κ1) is 39.6. The van der Waals surface area contributed by atoms with E-state index in [4.69, 9.17) is 10.8 Å². The molecule has 2 aliphatic carbocycles. The van der Waals surface area contributed by atoms with Gasteiger partial charge in [0.1, 0.15) is 33.6 Å². The van der Waals surface area contributed by atoms with Gasteiger partial charge < -0.3 is 21.1 Å². The second-order valence-corrected chi connectivity index (χ2v) is 15.3. The quantitative estimate of drug-likeness (QED) is 0.0274. The number of hydrogen-bond acceptors (Lipinski definition) is 16. The van der Waals surface area contributed by atoms with Crippen LogP contribution < -0.4 is 21.9 Å². The van der Waals surface area contributed by atoms with Gasteiger partial charge >= 0.3 is 5.97 Å². The fourth-order valence-electron chi connectivity index (χ4n) is 5.76. The molecule has 22 heteroatoms. The summed E-state index contributed by atoms with van der Waals surface area (Å²) in [5, 5.41) is 27.5. The van der Waals surface area contributed by atoms with Crippen molar-refractivity contribution in [3.63, 3.8) is 0 Å². The molecule has 0 aliphatic heterocycles. The molecule has 0 unspecified atom stereocenters. The minimum Gasteiger partial charge on any atom is -0.480 e. The first-order chi connectivity index (χ1) is 28.0. The zero-order valence-electron chi connectivity index (χ0n) is 29.9. The number of allylic oxidation sites excluding steroid dienone is 4. The van der Waals surface area contributed by atoms with Gasteiger partial charge in [-0.3, -0.25) is 34.3 Å². The third kappa shape index (κ3) is 8.69. The summed E-state index contributed by atoms with van der Waals surface area (Å²) in [6.45, 7) is -0.343. The van der Waals surface area contributed by atoms with E-state index in [1.54, 1.807) is 60.7 Å². The number of azo groups is 1. The van der Waals surface area contributed by atoms with Gasteiger partial charge in [0.25, 0.3) is 20.2 Å². The highest BCUT2D eigenvalue weighted by molar-refractivity contribution is 7.91. The van der Waals surface area contributed by atoms with Crippen LogP contribution in [0.5, 0.6) is 0 Å². The van der Waals surface area contributed by atoms with Crippen LogP contribution in [0.3, 0.4) is 0 Å². The van der Waals surface area contributed by atoms with Crippen LogP contribution in [0.2, 0.25) is 0 Å². The van der Waals surface area contributed by atoms with E-state index >= 15 is 0 Å². The number of carboxylic acid groups (broad SMARTS) is 1. The van der Waals surface area contributed by atoms with Gasteiger partial charge in [0.15, 0.2) is 5.71 Å². The predicted octanol–water partition coefficient (Wildman–Crippen LogP) is 4.83. The number of H-pyrrole nitrogens is 1. The molecule has 0 bridgehead atoms. The van der Waals surface area contributed by atoms with Gasteiger partial charge in [-0.15, -0.1) is 5.11 Å². The maximum absolute atomic E-state index is 13.7. The van der Waals surface area contributed by atoms with Gasteiger partial charge in [-0.2, -0.15) is 32.2 Å². The standard InChI is InChI=1S/C37H28N10O10S2/c38-33-32-20(15-30(59(55,56)57)35(36(32)51)47-42-21-4-2-1-3-5-21)14-29(58(52,53)54)34(33)46-43-22-8-6-19(7-9-22)37-40-25-12-11-24(16-27(25)41-37)44-45-26-13-10-23(17-28(26)48)39-18-31(49)50/h1-17,39,42,44H,18,38H2,(H,40,41)(H,49,50)(H,52,53,54)(H,55,56,57)/b45-26+,46-43?,47-35+. The Morgan fingerprint density at radius 1 is 0.831 bits per heavy atom. The number of nitrogens with one attached hydrogen (secondary N) is 4. The molecule has 4 aromatic carbocycles. The number of imidazole rings is 1. The number of hydrazone groups is 2. The van der Waals surface area contributed by atoms with Gasteiger partial charge in [0.05, 0.1) is 39.3 Å². The number of carbonyl (C=O) groups is 3. The van der Waals surface area contributed by atoms with Crippen LogP contribution in [0, 0.1) is 0 Å². The normalized spacial score (nSPS) is 15.7. The summed E-state index contributed by atoms with van der Waals surface area (Å²) in [5.74, 6) is -2.13. The zero-order chi connectivity index (χ0) is 42.1. The maximum atomic E-state index is 13.7. The Kier molecular flexibility index (Phi) is 10.5. The number of carboxylic acids is 1. The Labute approximate surface area is 333 Å². The van der Waals surface area contributed by atoms with Crippen molar-refractivity contribution in [1.29, 1.82) is 0 Å². The molecule has 1 heterocycles. The summed E-state index contributed by atoms with van der Waals surface area (Å²) in [4.78, 5) is 42.8. The number of rotatable bonds is 12. The van der Waals surface area contributed by atoms with E-state index in [0.717, 1.165) is 12.1 Å². The highest BCUT2D eigenvalue weighted by atomic mass is 32.2. The number of aromatic amines is 1. The molecule has 0 spiro atoms. The van der Waals surface area contributed by atoms with E-state index in [1.165, 1.54) is 30.4 Å². The highest BCUT2D eigenvalue weighted by Gasteiger charge is 2.37. The van der Waals surface area contributed by atoms with Crippen molar-refractivity contribution in [3.05, 3.63) is 119 Å². The minimum absolute atomic E-state index is 0.104. The van der Waals surface area contributed by atoms with Crippen molar-refractivity contribution in [2.24, 2.45) is 20.4 Å². The van der Waals surface area contributed by atoms with Crippen LogP contribution in [0.25, 0.3) is 28.5 Å². The molecule has 1 aromatic heterocycles. The van der Waals surface area contributed by atoms with Crippen LogP contribution in [0.15, 0.2) is 133 Å². The van der Waals surface area contributed by atoms with Crippen molar-refractivity contribution in [1.82, 2.24) is 15.3 Å². The highest BCUT2D eigenvalue weighted by Crippen LogP contribution is 2.41. The largest absolute Gasteiger partial charge is 0.480 e. The number of hydrogen-bond donors (Lipinski definition) is 8. The Balaban J connectivity index is 1.13. The average Bonchev–Trinajstić information content (AvgIpc) is 3.62.